The largest absolute Gasteiger partial charge is 0.388 e. The Kier molecular flexibility index (Phi) is 6.81. The summed E-state index contributed by atoms with van der Waals surface area (Å²) < 4.78 is 0. The minimum absolute atomic E-state index is 0.772. The van der Waals surface area contributed by atoms with Gasteiger partial charge in [-0.1, -0.05) is 19.6 Å². The zero-order valence-electron chi connectivity index (χ0n) is 13.0. The van der Waals surface area contributed by atoms with Gasteiger partial charge in [-0.3, -0.25) is 10.0 Å². The number of allylic oxidation sites excluding steroid dienone is 1. The number of benzene rings is 1. The Labute approximate surface area is 122 Å². The molecule has 0 aliphatic heterocycles. The zero-order chi connectivity index (χ0) is 15.0. The summed E-state index contributed by atoms with van der Waals surface area (Å²) in [5.74, 6) is 0. The molecule has 20 heavy (non-hydrogen) atoms. The quantitative estimate of drug-likeness (QED) is 0.434. The third-order valence-corrected chi connectivity index (χ3v) is 3.20. The predicted molar refractivity (Wildman–Crippen MR) is 88.9 cm³/mol. The Morgan fingerprint density at radius 2 is 2.10 bits per heavy atom. The van der Waals surface area contributed by atoms with E-state index in [1.165, 1.54) is 11.1 Å². The van der Waals surface area contributed by atoms with Gasteiger partial charge in [-0.15, -0.1) is 0 Å². The third-order valence-electron chi connectivity index (χ3n) is 3.20. The van der Waals surface area contributed by atoms with Crippen molar-refractivity contribution < 1.29 is 0 Å². The normalized spacial score (nSPS) is 10.8. The maximum atomic E-state index is 4.26. The summed E-state index contributed by atoms with van der Waals surface area (Å²) in [6.45, 7) is 9.86. The first-order chi connectivity index (χ1) is 9.65. The van der Waals surface area contributed by atoms with Gasteiger partial charge in [0.1, 0.15) is 0 Å². The molecule has 0 radical (unpaired) electrons. The standard InChI is InChI=1S/C16H26N4/c1-6-13(3)15-10-14(8-9-16(15)17-4)11-20(18-5)12-19-7-2/h8-10,12,17-18H,3,6-7,11H2,1-2,4-5H3. The maximum Gasteiger partial charge on any atom is 0.0995 e. The molecule has 0 saturated carbocycles. The predicted octanol–water partition coefficient (Wildman–Crippen LogP) is 3.14. The molecule has 0 heterocycles. The molecule has 0 aliphatic carbocycles. The molecular formula is C16H26N4. The van der Waals surface area contributed by atoms with Crippen LogP contribution in [0.3, 0.4) is 0 Å². The summed E-state index contributed by atoms with van der Waals surface area (Å²) in [5.41, 5.74) is 7.81. The Bertz CT molecular complexity index is 466. The van der Waals surface area contributed by atoms with Gasteiger partial charge in [0.2, 0.25) is 0 Å². The summed E-state index contributed by atoms with van der Waals surface area (Å²) in [5, 5.41) is 5.19. The first-order valence-electron chi connectivity index (χ1n) is 7.09. The lowest BCUT2D eigenvalue weighted by Crippen LogP contribution is -2.33. The van der Waals surface area contributed by atoms with E-state index in [1.807, 2.05) is 32.4 Å². The Hall–Kier alpha value is -1.81. The molecule has 0 unspecified atom stereocenters. The van der Waals surface area contributed by atoms with Crippen LogP contribution in [-0.4, -0.2) is 32.0 Å². The minimum Gasteiger partial charge on any atom is -0.388 e. The van der Waals surface area contributed by atoms with Gasteiger partial charge in [-0.05, 0) is 36.6 Å². The van der Waals surface area contributed by atoms with Crippen molar-refractivity contribution in [2.24, 2.45) is 4.99 Å². The average molecular weight is 274 g/mol. The summed E-state index contributed by atoms with van der Waals surface area (Å²) in [6.07, 6.45) is 2.78. The van der Waals surface area contributed by atoms with Crippen molar-refractivity contribution in [1.82, 2.24) is 10.4 Å². The fourth-order valence-electron chi connectivity index (χ4n) is 1.95. The van der Waals surface area contributed by atoms with Crippen LogP contribution in [0, 0.1) is 0 Å². The molecule has 0 aromatic heterocycles. The molecule has 1 rings (SSSR count). The van der Waals surface area contributed by atoms with Crippen molar-refractivity contribution in [2.75, 3.05) is 26.0 Å². The Balaban J connectivity index is 2.96. The van der Waals surface area contributed by atoms with Gasteiger partial charge in [-0.2, -0.15) is 0 Å². The monoisotopic (exact) mass is 274 g/mol. The molecule has 2 N–H and O–H groups in total. The van der Waals surface area contributed by atoms with Crippen molar-refractivity contribution in [3.05, 3.63) is 35.9 Å². The molecular weight excluding hydrogens is 248 g/mol. The van der Waals surface area contributed by atoms with Crippen LogP contribution in [0.25, 0.3) is 5.57 Å². The van der Waals surface area contributed by atoms with E-state index in [1.54, 1.807) is 0 Å². The number of anilines is 1. The van der Waals surface area contributed by atoms with Gasteiger partial charge in [0.25, 0.3) is 0 Å². The topological polar surface area (TPSA) is 39.7 Å². The molecule has 0 aliphatic rings. The highest BCUT2D eigenvalue weighted by molar-refractivity contribution is 5.75. The number of hydrogen-bond donors (Lipinski definition) is 2. The number of aliphatic imine (C=N–C) groups is 1. The van der Waals surface area contributed by atoms with Crippen molar-refractivity contribution in [3.63, 3.8) is 0 Å². The molecule has 1 aromatic rings. The van der Waals surface area contributed by atoms with Crippen LogP contribution in [0.15, 0.2) is 29.8 Å². The minimum atomic E-state index is 0.772. The van der Waals surface area contributed by atoms with Crippen LogP contribution in [0.5, 0.6) is 0 Å². The van der Waals surface area contributed by atoms with Gasteiger partial charge in [0, 0.05) is 31.9 Å². The number of nitrogens with one attached hydrogen (secondary N) is 2. The van der Waals surface area contributed by atoms with Crippen molar-refractivity contribution in [3.8, 4) is 0 Å². The lowest BCUT2D eigenvalue weighted by molar-refractivity contribution is 0.341. The van der Waals surface area contributed by atoms with E-state index in [9.17, 15) is 0 Å². The first-order valence-corrected chi connectivity index (χ1v) is 7.09. The first kappa shape index (κ1) is 16.2. The summed E-state index contributed by atoms with van der Waals surface area (Å²) in [7, 11) is 3.84. The lowest BCUT2D eigenvalue weighted by atomic mass is 10.0. The smallest absolute Gasteiger partial charge is 0.0995 e. The van der Waals surface area contributed by atoms with E-state index in [4.69, 9.17) is 0 Å². The van der Waals surface area contributed by atoms with Crippen molar-refractivity contribution >= 4 is 17.6 Å². The van der Waals surface area contributed by atoms with Gasteiger partial charge in [0.15, 0.2) is 0 Å². The molecule has 110 valence electrons. The van der Waals surface area contributed by atoms with E-state index in [-0.39, 0.29) is 0 Å². The summed E-state index contributed by atoms with van der Waals surface area (Å²) in [4.78, 5) is 4.26. The summed E-state index contributed by atoms with van der Waals surface area (Å²) >= 11 is 0. The summed E-state index contributed by atoms with van der Waals surface area (Å²) in [6, 6.07) is 6.43. The number of nitrogens with zero attached hydrogens (tertiary/aromatic N) is 2. The number of hydrazine groups is 1. The maximum absolute atomic E-state index is 4.26. The van der Waals surface area contributed by atoms with Gasteiger partial charge in [-0.25, -0.2) is 5.43 Å². The van der Waals surface area contributed by atoms with E-state index in [0.29, 0.717) is 0 Å². The van der Waals surface area contributed by atoms with Crippen LogP contribution >= 0.6 is 0 Å². The second-order valence-electron chi connectivity index (χ2n) is 4.55. The average Bonchev–Trinajstić information content (AvgIpc) is 2.50. The van der Waals surface area contributed by atoms with Crippen LogP contribution in [0.4, 0.5) is 5.69 Å². The van der Waals surface area contributed by atoms with E-state index < -0.39 is 0 Å². The highest BCUT2D eigenvalue weighted by Crippen LogP contribution is 2.26. The van der Waals surface area contributed by atoms with Crippen LogP contribution in [-0.2, 0) is 6.54 Å². The SMILES string of the molecule is C=C(CC)c1cc(CN(C=NCC)NC)ccc1NC. The number of hydrogen-bond acceptors (Lipinski definition) is 3. The van der Waals surface area contributed by atoms with Crippen LogP contribution < -0.4 is 10.7 Å². The molecule has 4 nitrogen and oxygen atoms in total. The number of rotatable bonds is 8. The lowest BCUT2D eigenvalue weighted by Gasteiger charge is -2.19. The Morgan fingerprint density at radius 1 is 1.35 bits per heavy atom. The van der Waals surface area contributed by atoms with Crippen molar-refractivity contribution in [1.29, 1.82) is 0 Å². The molecule has 4 heteroatoms. The molecule has 0 amide bonds. The fourth-order valence-corrected chi connectivity index (χ4v) is 1.95. The molecule has 0 spiro atoms. The van der Waals surface area contributed by atoms with E-state index in [2.05, 4.69) is 47.4 Å². The highest BCUT2D eigenvalue weighted by atomic mass is 15.5. The third kappa shape index (κ3) is 4.38. The van der Waals surface area contributed by atoms with Gasteiger partial charge in [0.05, 0.1) is 12.9 Å². The van der Waals surface area contributed by atoms with Gasteiger partial charge < -0.3 is 5.32 Å². The second-order valence-corrected chi connectivity index (χ2v) is 4.55. The van der Waals surface area contributed by atoms with Crippen LogP contribution in [0.1, 0.15) is 31.4 Å². The molecule has 0 saturated heterocycles. The Morgan fingerprint density at radius 3 is 2.65 bits per heavy atom. The highest BCUT2D eigenvalue weighted by Gasteiger charge is 2.07. The van der Waals surface area contributed by atoms with Crippen LogP contribution in [0.2, 0.25) is 0 Å². The van der Waals surface area contributed by atoms with Crippen molar-refractivity contribution in [2.45, 2.75) is 26.8 Å². The van der Waals surface area contributed by atoms with E-state index in [0.717, 1.165) is 30.8 Å². The van der Waals surface area contributed by atoms with E-state index >= 15 is 0 Å². The molecule has 1 aromatic carbocycles. The second kappa shape index (κ2) is 8.38. The molecule has 0 bridgehead atoms. The molecule has 0 fully saturated rings. The zero-order valence-corrected chi connectivity index (χ0v) is 13.0. The fraction of sp³-hybridized carbons (Fsp3) is 0.438. The van der Waals surface area contributed by atoms with Gasteiger partial charge >= 0.3 is 0 Å². The molecule has 0 atom stereocenters.